The Morgan fingerprint density at radius 2 is 1.03 bits per heavy atom. The monoisotopic (exact) mass is 950 g/mol. The molecule has 2 saturated heterocycles. The Morgan fingerprint density at radius 3 is 1.42 bits per heavy atom. The van der Waals surface area contributed by atoms with Gasteiger partial charge in [0.1, 0.15) is 0 Å². The SMILES string of the molecule is CC(C)C(=O)Nc1cccc(C2CCN(CCCN)CC2)c1.Cc1ccc(S(=O)(=O)Cl)cc1.Cc1ccc(S(=O)(=O)NCCCN2CCC(c3cccc(NC(=O)C(C)C)c3)CC2)cc1. The van der Waals surface area contributed by atoms with Crippen LogP contribution in [0.15, 0.2) is 107 Å². The van der Waals surface area contributed by atoms with Gasteiger partial charge in [-0.3, -0.25) is 9.59 Å². The molecule has 0 aromatic heterocycles. The Kier molecular flexibility index (Phi) is 21.6. The van der Waals surface area contributed by atoms with E-state index in [2.05, 4.69) is 49.4 Å². The first-order valence-corrected chi connectivity index (χ1v) is 26.7. The smallest absolute Gasteiger partial charge is 0.261 e. The molecule has 2 amide bonds. The maximum atomic E-state index is 12.4. The third-order valence-electron chi connectivity index (χ3n) is 11.7. The molecule has 0 unspecified atom stereocenters. The Labute approximate surface area is 393 Å². The summed E-state index contributed by atoms with van der Waals surface area (Å²) in [7, 11) is -1.91. The zero-order valence-electron chi connectivity index (χ0n) is 39.1. The average molecular weight is 952 g/mol. The van der Waals surface area contributed by atoms with Crippen molar-refractivity contribution in [3.05, 3.63) is 119 Å². The van der Waals surface area contributed by atoms with Gasteiger partial charge in [0.15, 0.2) is 0 Å². The van der Waals surface area contributed by atoms with Crippen molar-refractivity contribution in [2.45, 2.75) is 102 Å². The first-order valence-electron chi connectivity index (χ1n) is 22.9. The number of nitrogens with zero attached hydrogens (tertiary/aromatic N) is 2. The van der Waals surface area contributed by atoms with Gasteiger partial charge in [0.2, 0.25) is 21.8 Å². The summed E-state index contributed by atoms with van der Waals surface area (Å²) in [6.45, 7) is 18.9. The molecule has 0 aliphatic carbocycles. The molecule has 12 nitrogen and oxygen atoms in total. The molecule has 4 aromatic carbocycles. The lowest BCUT2D eigenvalue weighted by Crippen LogP contribution is -2.35. The number of sulfonamides is 1. The fraction of sp³-hybridized carbons (Fsp3) is 0.480. The maximum absolute atomic E-state index is 12.4. The lowest BCUT2D eigenvalue weighted by Gasteiger charge is -2.32. The van der Waals surface area contributed by atoms with Crippen molar-refractivity contribution in [1.82, 2.24) is 14.5 Å². The highest BCUT2D eigenvalue weighted by molar-refractivity contribution is 8.13. The van der Waals surface area contributed by atoms with Gasteiger partial charge in [-0.05, 0) is 170 Å². The largest absolute Gasteiger partial charge is 0.330 e. The van der Waals surface area contributed by atoms with Crippen LogP contribution in [0.5, 0.6) is 0 Å². The molecule has 6 rings (SSSR count). The van der Waals surface area contributed by atoms with Crippen LogP contribution < -0.4 is 21.1 Å². The van der Waals surface area contributed by atoms with E-state index in [0.29, 0.717) is 23.3 Å². The van der Waals surface area contributed by atoms with E-state index >= 15 is 0 Å². The van der Waals surface area contributed by atoms with E-state index in [1.807, 2.05) is 77.9 Å². The van der Waals surface area contributed by atoms with Crippen LogP contribution in [0.4, 0.5) is 11.4 Å². The van der Waals surface area contributed by atoms with E-state index in [0.717, 1.165) is 94.0 Å². The van der Waals surface area contributed by atoms with Crippen LogP contribution >= 0.6 is 10.7 Å². The highest BCUT2D eigenvalue weighted by atomic mass is 35.7. The van der Waals surface area contributed by atoms with E-state index in [-0.39, 0.29) is 28.5 Å². The van der Waals surface area contributed by atoms with Crippen molar-refractivity contribution in [3.8, 4) is 0 Å². The second-order valence-electron chi connectivity index (χ2n) is 17.7. The van der Waals surface area contributed by atoms with Crippen LogP contribution in [0, 0.1) is 25.7 Å². The molecule has 65 heavy (non-hydrogen) atoms. The summed E-state index contributed by atoms with van der Waals surface area (Å²) in [5.41, 5.74) is 12.0. The Hall–Kier alpha value is -4.15. The summed E-state index contributed by atoms with van der Waals surface area (Å²) in [5, 5.41) is 5.98. The molecule has 0 atom stereocenters. The number of nitrogens with two attached hydrogens (primary N) is 1. The second kappa shape index (κ2) is 26.3. The molecule has 2 fully saturated rings. The number of amides is 2. The van der Waals surface area contributed by atoms with Crippen LogP contribution in [0.1, 0.15) is 100 Å². The molecule has 0 bridgehead atoms. The van der Waals surface area contributed by atoms with Crippen molar-refractivity contribution >= 4 is 52.9 Å². The van der Waals surface area contributed by atoms with Gasteiger partial charge in [0.05, 0.1) is 9.79 Å². The standard InChI is InChI=1S/C25H35N3O3S.C18H29N3O.C7H7ClO2S/c1-19(2)25(29)27-23-7-4-6-22(18-23)21-12-16-28(17-13-21)15-5-14-26-32(30,31)24-10-8-20(3)9-11-24;1-14(2)18(22)20-17-6-3-5-16(13-17)15-7-11-21(12-8-15)10-4-9-19;1-6-2-4-7(5-3-6)11(8,9)10/h4,6-11,18-19,21,26H,5,12-17H2,1-3H3,(H,27,29);3,5-6,13-15H,4,7-12,19H2,1-2H3,(H,20,22);2-5H,1H3. The first kappa shape index (κ1) is 53.5. The van der Waals surface area contributed by atoms with Gasteiger partial charge in [-0.25, -0.2) is 21.6 Å². The Morgan fingerprint density at radius 1 is 0.631 bits per heavy atom. The summed E-state index contributed by atoms with van der Waals surface area (Å²) in [4.78, 5) is 29.1. The molecule has 5 N–H and O–H groups in total. The zero-order valence-corrected chi connectivity index (χ0v) is 41.5. The number of benzene rings is 4. The number of halogens is 1. The fourth-order valence-corrected chi connectivity index (χ4v) is 9.46. The summed E-state index contributed by atoms with van der Waals surface area (Å²) < 4.78 is 48.9. The Balaban J connectivity index is 0.000000241. The van der Waals surface area contributed by atoms with Gasteiger partial charge in [0.25, 0.3) is 9.05 Å². The molecule has 0 spiro atoms. The van der Waals surface area contributed by atoms with E-state index < -0.39 is 19.1 Å². The molecular weight excluding hydrogens is 880 g/mol. The number of piperidine rings is 2. The van der Waals surface area contributed by atoms with E-state index in [9.17, 15) is 26.4 Å². The van der Waals surface area contributed by atoms with Crippen LogP contribution in [0.2, 0.25) is 0 Å². The predicted octanol–water partition coefficient (Wildman–Crippen LogP) is 8.87. The summed E-state index contributed by atoms with van der Waals surface area (Å²) in [5.74, 6) is 1.17. The number of rotatable bonds is 16. The van der Waals surface area contributed by atoms with E-state index in [4.69, 9.17) is 16.4 Å². The quantitative estimate of drug-likeness (QED) is 0.0633. The number of carbonyl (C=O) groups excluding carboxylic acids is 2. The van der Waals surface area contributed by atoms with Crippen LogP contribution in [0.25, 0.3) is 0 Å². The van der Waals surface area contributed by atoms with Gasteiger partial charge in [-0.1, -0.05) is 87.4 Å². The number of hydrogen-bond donors (Lipinski definition) is 4. The molecule has 15 heteroatoms. The molecule has 2 aliphatic heterocycles. The topological polar surface area (TPSA) is 171 Å². The highest BCUT2D eigenvalue weighted by Gasteiger charge is 2.23. The molecule has 356 valence electrons. The molecular formula is C50H71ClN6O6S2. The van der Waals surface area contributed by atoms with Crippen LogP contribution in [-0.4, -0.2) is 90.8 Å². The van der Waals surface area contributed by atoms with Gasteiger partial charge in [-0.2, -0.15) is 0 Å². The van der Waals surface area contributed by atoms with Crippen molar-refractivity contribution in [2.75, 3.05) is 63.0 Å². The van der Waals surface area contributed by atoms with E-state index in [1.165, 1.54) is 36.1 Å². The van der Waals surface area contributed by atoms with Crippen molar-refractivity contribution in [2.24, 2.45) is 17.6 Å². The van der Waals surface area contributed by atoms with Crippen LogP contribution in [0.3, 0.4) is 0 Å². The maximum Gasteiger partial charge on any atom is 0.261 e. The minimum Gasteiger partial charge on any atom is -0.330 e. The number of anilines is 2. The lowest BCUT2D eigenvalue weighted by atomic mass is 9.89. The fourth-order valence-electron chi connectivity index (χ4n) is 7.62. The molecule has 2 aliphatic rings. The van der Waals surface area contributed by atoms with E-state index in [1.54, 1.807) is 24.3 Å². The van der Waals surface area contributed by atoms with Crippen molar-refractivity contribution in [1.29, 1.82) is 0 Å². The average Bonchev–Trinajstić information content (AvgIpc) is 3.28. The zero-order chi connectivity index (χ0) is 47.6. The second-order valence-corrected chi connectivity index (χ2v) is 22.1. The third-order valence-corrected chi connectivity index (χ3v) is 14.6. The summed E-state index contributed by atoms with van der Waals surface area (Å²) in [6, 6.07) is 29.8. The van der Waals surface area contributed by atoms with Crippen LogP contribution in [-0.2, 0) is 28.7 Å². The van der Waals surface area contributed by atoms with Gasteiger partial charge in [-0.15, -0.1) is 0 Å². The number of hydrogen-bond acceptors (Lipinski definition) is 9. The third kappa shape index (κ3) is 18.6. The highest BCUT2D eigenvalue weighted by Crippen LogP contribution is 2.31. The number of aryl methyl sites for hydroxylation is 2. The number of carbonyl (C=O) groups is 2. The van der Waals surface area contributed by atoms with Crippen molar-refractivity contribution < 1.29 is 26.4 Å². The number of nitrogens with one attached hydrogen (secondary N) is 3. The van der Waals surface area contributed by atoms with Gasteiger partial charge < -0.3 is 26.2 Å². The normalized spacial score (nSPS) is 15.4. The molecule has 0 radical (unpaired) electrons. The van der Waals surface area contributed by atoms with Gasteiger partial charge >= 0.3 is 0 Å². The predicted molar refractivity (Wildman–Crippen MR) is 266 cm³/mol. The minimum atomic E-state index is -3.55. The molecule has 2 heterocycles. The van der Waals surface area contributed by atoms with Crippen molar-refractivity contribution in [3.63, 3.8) is 0 Å². The Bertz CT molecular complexity index is 2310. The summed E-state index contributed by atoms with van der Waals surface area (Å²) in [6.07, 6.45) is 6.37. The first-order chi connectivity index (χ1) is 30.8. The summed E-state index contributed by atoms with van der Waals surface area (Å²) >= 11 is 0. The lowest BCUT2D eigenvalue weighted by molar-refractivity contribution is -0.119. The molecule has 0 saturated carbocycles. The molecule has 4 aromatic rings. The van der Waals surface area contributed by atoms with Gasteiger partial charge in [0, 0.05) is 40.4 Å². The number of likely N-dealkylation sites (tertiary alicyclic amines) is 2. The minimum absolute atomic E-state index is 0.00874.